The molecule has 14 rings (SSSR count). The summed E-state index contributed by atoms with van der Waals surface area (Å²) < 4.78 is 9.65. The predicted molar refractivity (Wildman–Crippen MR) is 297 cm³/mol. The number of benzene rings is 11. The first-order valence-electron chi connectivity index (χ1n) is 23.6. The molecule has 69 heavy (non-hydrogen) atoms. The number of thiophene rings is 1. The van der Waals surface area contributed by atoms with Gasteiger partial charge in [0.15, 0.2) is 12.9 Å². The molecule has 322 valence electrons. The van der Waals surface area contributed by atoms with E-state index in [1.54, 1.807) is 0 Å². The maximum Gasteiger partial charge on any atom is 0.198 e. The first kappa shape index (κ1) is 39.5. The molecule has 0 radical (unpaired) electrons. The first-order chi connectivity index (χ1) is 34.2. The molecule has 0 spiro atoms. The van der Waals surface area contributed by atoms with Crippen molar-refractivity contribution in [1.82, 2.24) is 0 Å². The molecule has 5 heteroatoms. The number of hydrogen-bond acceptors (Lipinski definition) is 4. The van der Waals surface area contributed by atoms with Crippen LogP contribution in [0.15, 0.2) is 241 Å². The zero-order chi connectivity index (χ0) is 45.4. The maximum atomic E-state index is 7.09. The highest BCUT2D eigenvalue weighted by molar-refractivity contribution is 7.26. The molecule has 11 aromatic carbocycles. The number of nitrogens with one attached hydrogen (secondary N) is 1. The van der Waals surface area contributed by atoms with Gasteiger partial charge in [-0.15, -0.1) is 11.3 Å². The first-order valence-corrected chi connectivity index (χ1v) is 24.4. The lowest BCUT2D eigenvalue weighted by molar-refractivity contribution is 0.671. The average Bonchev–Trinajstić information content (AvgIpc) is 3.98. The van der Waals surface area contributed by atoms with Gasteiger partial charge in [0.2, 0.25) is 0 Å². The van der Waals surface area contributed by atoms with Gasteiger partial charge in [0.1, 0.15) is 5.58 Å². The van der Waals surface area contributed by atoms with E-state index in [0.29, 0.717) is 0 Å². The minimum Gasteiger partial charge on any atom is -0.454 e. The molecular weight excluding hydrogens is 856 g/mol. The Hall–Kier alpha value is -8.64. The van der Waals surface area contributed by atoms with Crippen LogP contribution >= 0.6 is 11.3 Å². The smallest absolute Gasteiger partial charge is 0.198 e. The lowest BCUT2D eigenvalue weighted by Crippen LogP contribution is -2.41. The second-order valence-corrected chi connectivity index (χ2v) is 19.1. The Labute approximate surface area is 404 Å². The monoisotopic (exact) mass is 896 g/mol. The molecule has 0 saturated carbocycles. The van der Waals surface area contributed by atoms with Gasteiger partial charge in [-0.05, 0) is 116 Å². The van der Waals surface area contributed by atoms with Crippen LogP contribution in [0.5, 0.6) is 0 Å². The molecule has 0 saturated heterocycles. The largest absolute Gasteiger partial charge is 0.454 e. The summed E-state index contributed by atoms with van der Waals surface area (Å²) in [6.45, 7) is 0. The standard InChI is InChI=1S/C64H41BN2OS/c1-4-14-40(15-5-1)43-24-29-48(30-25-43)66-61-51(33-34-52-53-36-45-20-10-11-21-46(45)38-58(53)68-63(52)61)54-39-55-50-22-12-13-23-59(50)69-64(55)62-60(54)65-56-37-47(42-18-8-3-9-19-42)28-35-57(56)67(62)49-31-26-44(27-32-49)41-16-6-2-7-17-41/h1-39,65-66H. The third-order valence-electron chi connectivity index (χ3n) is 14.1. The van der Waals surface area contributed by atoms with Gasteiger partial charge < -0.3 is 14.6 Å². The fraction of sp³-hybridized carbons (Fsp3) is 0. The molecule has 3 nitrogen and oxygen atoms in total. The molecule has 1 aliphatic heterocycles. The molecule has 0 fully saturated rings. The molecule has 2 aromatic heterocycles. The van der Waals surface area contributed by atoms with Gasteiger partial charge in [0, 0.05) is 48.9 Å². The van der Waals surface area contributed by atoms with Crippen LogP contribution in [-0.2, 0) is 0 Å². The summed E-state index contributed by atoms with van der Waals surface area (Å²) in [6, 6.07) is 86.0. The second-order valence-electron chi connectivity index (χ2n) is 18.1. The van der Waals surface area contributed by atoms with E-state index in [1.807, 2.05) is 11.3 Å². The summed E-state index contributed by atoms with van der Waals surface area (Å²) >= 11 is 1.89. The van der Waals surface area contributed by atoms with Crippen molar-refractivity contribution in [3.63, 3.8) is 0 Å². The van der Waals surface area contributed by atoms with Gasteiger partial charge in [-0.1, -0.05) is 181 Å². The quantitative estimate of drug-likeness (QED) is 0.162. The van der Waals surface area contributed by atoms with Crippen LogP contribution in [-0.4, -0.2) is 7.28 Å². The van der Waals surface area contributed by atoms with Crippen molar-refractivity contribution in [2.24, 2.45) is 0 Å². The molecule has 0 atom stereocenters. The number of rotatable bonds is 7. The van der Waals surface area contributed by atoms with E-state index in [1.165, 1.54) is 86.8 Å². The van der Waals surface area contributed by atoms with Crippen molar-refractivity contribution >= 4 is 111 Å². The summed E-state index contributed by atoms with van der Waals surface area (Å²) in [5.41, 5.74) is 19.2. The average molecular weight is 897 g/mol. The van der Waals surface area contributed by atoms with Crippen molar-refractivity contribution < 1.29 is 4.42 Å². The fourth-order valence-corrected chi connectivity index (χ4v) is 11.9. The third kappa shape index (κ3) is 6.65. The Morgan fingerprint density at radius 2 is 1.03 bits per heavy atom. The summed E-state index contributed by atoms with van der Waals surface area (Å²) in [6.07, 6.45) is 0. The van der Waals surface area contributed by atoms with E-state index >= 15 is 0 Å². The Balaban J connectivity index is 1.04. The lowest BCUT2D eigenvalue weighted by atomic mass is 9.57. The number of hydrogen-bond donors (Lipinski definition) is 1. The zero-order valence-corrected chi connectivity index (χ0v) is 38.3. The summed E-state index contributed by atoms with van der Waals surface area (Å²) in [4.78, 5) is 2.54. The Morgan fingerprint density at radius 3 is 1.74 bits per heavy atom. The van der Waals surface area contributed by atoms with Crippen LogP contribution in [0.25, 0.3) is 97.4 Å². The van der Waals surface area contributed by atoms with E-state index in [0.717, 1.165) is 57.2 Å². The van der Waals surface area contributed by atoms with Crippen molar-refractivity contribution in [3.05, 3.63) is 237 Å². The van der Waals surface area contributed by atoms with Crippen LogP contribution in [0.3, 0.4) is 0 Å². The Kier molecular flexibility index (Phi) is 9.17. The van der Waals surface area contributed by atoms with Gasteiger partial charge in [0.25, 0.3) is 0 Å². The predicted octanol–water partition coefficient (Wildman–Crippen LogP) is 16.7. The molecule has 0 unspecified atom stereocenters. The van der Waals surface area contributed by atoms with E-state index < -0.39 is 0 Å². The maximum absolute atomic E-state index is 7.09. The van der Waals surface area contributed by atoms with Crippen LogP contribution in [0, 0.1) is 0 Å². The third-order valence-corrected chi connectivity index (χ3v) is 15.3. The molecule has 1 aliphatic rings. The van der Waals surface area contributed by atoms with Crippen LogP contribution in [0.2, 0.25) is 0 Å². The second kappa shape index (κ2) is 16.0. The molecule has 3 heterocycles. The highest BCUT2D eigenvalue weighted by Gasteiger charge is 2.32. The molecule has 0 aliphatic carbocycles. The highest BCUT2D eigenvalue weighted by Crippen LogP contribution is 2.50. The number of furan rings is 1. The molecule has 0 bridgehead atoms. The number of fused-ring (bicyclic) bond motifs is 10. The summed E-state index contributed by atoms with van der Waals surface area (Å²) in [7, 11) is 0.748. The number of nitrogens with zero attached hydrogens (tertiary/aromatic N) is 1. The Bertz CT molecular complexity index is 4110. The van der Waals surface area contributed by atoms with Crippen molar-refractivity contribution in [2.75, 3.05) is 10.2 Å². The van der Waals surface area contributed by atoms with Crippen LogP contribution in [0.4, 0.5) is 28.4 Å². The van der Waals surface area contributed by atoms with Gasteiger partial charge in [-0.3, -0.25) is 0 Å². The van der Waals surface area contributed by atoms with Crippen molar-refractivity contribution in [3.8, 4) is 44.5 Å². The van der Waals surface area contributed by atoms with Crippen LogP contribution < -0.4 is 21.1 Å². The van der Waals surface area contributed by atoms with E-state index in [-0.39, 0.29) is 0 Å². The van der Waals surface area contributed by atoms with Crippen LogP contribution in [0.1, 0.15) is 0 Å². The SMILES string of the molecule is B1c2cc(-c3ccccc3)ccc2N(c2ccc(-c3ccccc3)cc2)c2c1c(-c1ccc3c(oc4cc5ccccc5cc43)c1Nc1ccc(-c3ccccc3)cc1)cc1c2sc2ccccc21. The number of anilines is 5. The normalized spacial score (nSPS) is 12.1. The fourth-order valence-electron chi connectivity index (χ4n) is 10.7. The van der Waals surface area contributed by atoms with Crippen molar-refractivity contribution in [1.29, 1.82) is 0 Å². The van der Waals surface area contributed by atoms with Gasteiger partial charge in [-0.25, -0.2) is 0 Å². The summed E-state index contributed by atoms with van der Waals surface area (Å²) in [5.74, 6) is 0. The molecule has 1 N–H and O–H groups in total. The topological polar surface area (TPSA) is 28.4 Å². The zero-order valence-electron chi connectivity index (χ0n) is 37.5. The molecule has 13 aromatic rings. The van der Waals surface area contributed by atoms with E-state index in [9.17, 15) is 0 Å². The van der Waals surface area contributed by atoms with E-state index in [4.69, 9.17) is 4.42 Å². The summed E-state index contributed by atoms with van der Waals surface area (Å²) in [5, 5.41) is 11.0. The van der Waals surface area contributed by atoms with Gasteiger partial charge in [-0.2, -0.15) is 0 Å². The molecular formula is C64H41BN2OS. The minimum atomic E-state index is 0.748. The minimum absolute atomic E-state index is 0.748. The van der Waals surface area contributed by atoms with Gasteiger partial charge >= 0.3 is 0 Å². The van der Waals surface area contributed by atoms with Gasteiger partial charge in [0.05, 0.1) is 16.1 Å². The van der Waals surface area contributed by atoms with Crippen molar-refractivity contribution in [2.45, 2.75) is 0 Å². The lowest BCUT2D eigenvalue weighted by Gasteiger charge is -2.35. The highest BCUT2D eigenvalue weighted by atomic mass is 32.1. The Morgan fingerprint density at radius 1 is 0.435 bits per heavy atom. The van der Waals surface area contributed by atoms with E-state index in [2.05, 4.69) is 247 Å². The molecule has 0 amide bonds.